The number of nitrogens with one attached hydrogen (secondary N) is 1. The highest BCUT2D eigenvalue weighted by Gasteiger charge is 2.30. The van der Waals surface area contributed by atoms with E-state index >= 15 is 0 Å². The summed E-state index contributed by atoms with van der Waals surface area (Å²) in [6.07, 6.45) is 4.39. The number of anilines is 2. The van der Waals surface area contributed by atoms with Gasteiger partial charge in [0.05, 0.1) is 43.1 Å². The van der Waals surface area contributed by atoms with Crippen LogP contribution in [-0.2, 0) is 30.2 Å². The summed E-state index contributed by atoms with van der Waals surface area (Å²) in [5.74, 6) is -0.878. The first-order valence-corrected chi connectivity index (χ1v) is 19.9. The molecule has 2 bridgehead atoms. The summed E-state index contributed by atoms with van der Waals surface area (Å²) in [7, 11) is 2.93. The number of morpholine rings is 1. The molecule has 6 atom stereocenters. The van der Waals surface area contributed by atoms with Crippen LogP contribution in [0, 0.1) is 11.8 Å². The Hall–Kier alpha value is -5.68. The summed E-state index contributed by atoms with van der Waals surface area (Å²) < 4.78 is 34.2. The Kier molecular flexibility index (Phi) is 15.9. The first-order chi connectivity index (χ1) is 28.7. The third-order valence-corrected chi connectivity index (χ3v) is 10.5. The number of phenols is 2. The van der Waals surface area contributed by atoms with Crippen molar-refractivity contribution in [2.75, 3.05) is 57.3 Å². The van der Waals surface area contributed by atoms with Crippen molar-refractivity contribution in [2.24, 2.45) is 22.6 Å². The van der Waals surface area contributed by atoms with Crippen molar-refractivity contribution in [1.29, 1.82) is 0 Å². The average molecular weight is 833 g/mol. The van der Waals surface area contributed by atoms with Crippen LogP contribution in [0.25, 0.3) is 11.0 Å². The average Bonchev–Trinajstić information content (AvgIpc) is 3.22. The molecule has 16 nitrogen and oxygen atoms in total. The third kappa shape index (κ3) is 11.5. The maximum atomic E-state index is 13.3. The van der Waals surface area contributed by atoms with Crippen molar-refractivity contribution in [3.8, 4) is 17.2 Å². The van der Waals surface area contributed by atoms with Crippen molar-refractivity contribution in [1.82, 2.24) is 0 Å². The number of fused-ring (bicyclic) bond motifs is 3. The maximum absolute atomic E-state index is 13.3. The van der Waals surface area contributed by atoms with Crippen molar-refractivity contribution >= 4 is 46.4 Å². The fraction of sp³-hybridized carbons (Fsp3) is 0.455. The van der Waals surface area contributed by atoms with Crippen molar-refractivity contribution in [3.05, 3.63) is 81.6 Å². The zero-order chi connectivity index (χ0) is 43.5. The van der Waals surface area contributed by atoms with Gasteiger partial charge in [0.1, 0.15) is 34.6 Å². The molecule has 2 aromatic carbocycles. The Balaban J connectivity index is 1.40. The molecule has 0 radical (unpaired) electrons. The van der Waals surface area contributed by atoms with E-state index in [1.165, 1.54) is 32.4 Å². The summed E-state index contributed by atoms with van der Waals surface area (Å²) in [5, 5.41) is 37.5. The molecule has 0 unspecified atom stereocenters. The van der Waals surface area contributed by atoms with Crippen LogP contribution in [0.15, 0.2) is 80.0 Å². The van der Waals surface area contributed by atoms with Gasteiger partial charge in [-0.15, -0.1) is 0 Å². The lowest BCUT2D eigenvalue weighted by Gasteiger charge is -2.29. The normalized spacial score (nSPS) is 25.3. The van der Waals surface area contributed by atoms with E-state index in [4.69, 9.17) is 33.8 Å². The van der Waals surface area contributed by atoms with Crippen LogP contribution < -0.4 is 26.1 Å². The monoisotopic (exact) mass is 832 g/mol. The van der Waals surface area contributed by atoms with Gasteiger partial charge in [-0.05, 0) is 50.3 Å². The second-order valence-corrected chi connectivity index (χ2v) is 15.1. The largest absolute Gasteiger partial charge is 0.506 e. The van der Waals surface area contributed by atoms with Crippen LogP contribution in [0.1, 0.15) is 46.1 Å². The lowest BCUT2D eigenvalue weighted by Crippen LogP contribution is -2.37. The second kappa shape index (κ2) is 21.0. The number of ether oxygens (including phenoxy) is 5. The predicted octanol–water partition coefficient (Wildman–Crippen LogP) is 5.67. The van der Waals surface area contributed by atoms with Gasteiger partial charge in [-0.2, -0.15) is 0 Å². The van der Waals surface area contributed by atoms with Gasteiger partial charge < -0.3 is 59.4 Å². The number of nitrogens with two attached hydrogens (primary N) is 1. The summed E-state index contributed by atoms with van der Waals surface area (Å²) >= 11 is 0. The van der Waals surface area contributed by atoms with Gasteiger partial charge >= 0.3 is 6.09 Å². The van der Waals surface area contributed by atoms with Gasteiger partial charge in [0.25, 0.3) is 5.91 Å². The van der Waals surface area contributed by atoms with Crippen LogP contribution in [0.4, 0.5) is 22.1 Å². The van der Waals surface area contributed by atoms with Crippen molar-refractivity contribution < 1.29 is 53.0 Å². The maximum Gasteiger partial charge on any atom is 0.405 e. The topological polar surface area (TPSA) is 225 Å². The van der Waals surface area contributed by atoms with Gasteiger partial charge in [0.15, 0.2) is 17.4 Å². The smallest absolute Gasteiger partial charge is 0.405 e. The molecule has 1 saturated heterocycles. The number of hydrogen-bond acceptors (Lipinski definition) is 14. The van der Waals surface area contributed by atoms with E-state index in [0.717, 1.165) is 0 Å². The van der Waals surface area contributed by atoms with E-state index in [1.807, 2.05) is 11.8 Å². The first kappa shape index (κ1) is 45.4. The van der Waals surface area contributed by atoms with Gasteiger partial charge in [-0.25, -0.2) is 4.79 Å². The summed E-state index contributed by atoms with van der Waals surface area (Å²) in [5.41, 5.74) is 6.82. The standard InChI is InChI=1S/C44H56N4O12/c1-25-19-31-39(46-13-8-16-58-29-11-12-30-33(49)24-38(59-36(30)22-29)48-14-17-57-18-15-48)34(50)23-32(41(31)52)47-43(53)26(2)9-7-10-35(55-5)42(60-44(45)54)28(4)21-27(3)40(51)37(20-25)56-6/h7,9-13,21-25,27,35,37,40,42,50-52H,8,14-20H2,1-6H3,(H2,45,54)(H,47,53)/b10-7?,26-9+,28-21+,46-13?/t25-,27+,35+,37+,40-,42+/m1/s1. The predicted molar refractivity (Wildman–Crippen MR) is 228 cm³/mol. The number of allylic oxidation sites excluding steroid dienone is 2. The minimum Gasteiger partial charge on any atom is -0.506 e. The third-order valence-electron chi connectivity index (χ3n) is 10.5. The van der Waals surface area contributed by atoms with Crippen LogP contribution in [0.3, 0.4) is 0 Å². The number of aliphatic hydroxyl groups is 1. The van der Waals surface area contributed by atoms with Crippen molar-refractivity contribution in [2.45, 2.75) is 71.4 Å². The summed E-state index contributed by atoms with van der Waals surface area (Å²) in [6.45, 7) is 9.54. The van der Waals surface area contributed by atoms with Crippen LogP contribution >= 0.6 is 0 Å². The second-order valence-electron chi connectivity index (χ2n) is 15.1. The molecule has 0 saturated carbocycles. The van der Waals surface area contributed by atoms with E-state index in [2.05, 4.69) is 10.3 Å². The van der Waals surface area contributed by atoms with Crippen molar-refractivity contribution in [3.63, 3.8) is 0 Å². The van der Waals surface area contributed by atoms with E-state index in [-0.39, 0.29) is 58.4 Å². The Morgan fingerprint density at radius 3 is 2.53 bits per heavy atom. The molecule has 2 amide bonds. The molecular formula is C44H56N4O12. The molecule has 1 aromatic heterocycles. The van der Waals surface area contributed by atoms with Gasteiger partial charge in [-0.1, -0.05) is 38.2 Å². The number of hydrogen-bond donors (Lipinski definition) is 5. The zero-order valence-corrected chi connectivity index (χ0v) is 34.9. The molecule has 60 heavy (non-hydrogen) atoms. The number of aliphatic hydroxyl groups excluding tert-OH is 1. The minimum absolute atomic E-state index is 0.0298. The van der Waals surface area contributed by atoms with E-state index in [9.17, 15) is 29.7 Å². The number of phenolic OH excluding ortho intramolecular Hbond substituents is 2. The minimum atomic E-state index is -1.01. The van der Waals surface area contributed by atoms with Crippen LogP contribution in [-0.4, -0.2) is 105 Å². The number of carbonyl (C=O) groups is 2. The number of methoxy groups -OCH3 is 2. The lowest BCUT2D eigenvalue weighted by molar-refractivity contribution is -0.112. The number of carbonyl (C=O) groups excluding carboxylic acids is 2. The number of nitrogens with zero attached hydrogens (tertiary/aromatic N) is 2. The quantitative estimate of drug-likeness (QED) is 0.0577. The molecule has 1 fully saturated rings. The number of aromatic hydroxyl groups is 2. The molecule has 16 heteroatoms. The molecule has 0 aliphatic carbocycles. The highest BCUT2D eigenvalue weighted by atomic mass is 16.6. The van der Waals surface area contributed by atoms with E-state index in [0.29, 0.717) is 67.3 Å². The fourth-order valence-corrected chi connectivity index (χ4v) is 7.28. The Bertz CT molecular complexity index is 2170. The number of aliphatic imine (C=N–C) groups is 1. The van der Waals surface area contributed by atoms with E-state index < -0.39 is 42.3 Å². The molecule has 2 aliphatic rings. The molecular weight excluding hydrogens is 776 g/mol. The molecule has 324 valence electrons. The molecule has 6 N–H and O–H groups in total. The Morgan fingerprint density at radius 2 is 1.83 bits per heavy atom. The Morgan fingerprint density at radius 1 is 1.08 bits per heavy atom. The molecule has 0 spiro atoms. The number of benzene rings is 2. The van der Waals surface area contributed by atoms with Gasteiger partial charge in [-0.3, -0.25) is 14.6 Å². The molecule has 5 rings (SSSR count). The van der Waals surface area contributed by atoms with E-state index in [1.54, 1.807) is 63.4 Å². The highest BCUT2D eigenvalue weighted by Crippen LogP contribution is 2.44. The molecule has 3 aromatic rings. The molecule has 3 heterocycles. The van der Waals surface area contributed by atoms with Crippen LogP contribution in [0.5, 0.6) is 17.2 Å². The van der Waals surface area contributed by atoms with Crippen LogP contribution in [0.2, 0.25) is 0 Å². The fourth-order valence-electron chi connectivity index (χ4n) is 7.28. The number of rotatable bonds is 9. The summed E-state index contributed by atoms with van der Waals surface area (Å²) in [6, 6.07) is 7.74. The number of amides is 2. The van der Waals surface area contributed by atoms with Gasteiger partial charge in [0, 0.05) is 75.2 Å². The highest BCUT2D eigenvalue weighted by molar-refractivity contribution is 6.05. The summed E-state index contributed by atoms with van der Waals surface area (Å²) in [4.78, 5) is 44.5. The lowest BCUT2D eigenvalue weighted by atomic mass is 9.87. The number of primary amides is 1. The zero-order valence-electron chi connectivity index (χ0n) is 34.9. The first-order valence-electron chi connectivity index (χ1n) is 19.9. The Labute approximate surface area is 348 Å². The molecule has 2 aliphatic heterocycles. The SMILES string of the molecule is CO[C@H]1C=C/C=C(\C)C(=O)Nc2cc(O)c(N=CCCOc3ccc4c(=O)cc(N5CCOCC5)oc4c3)c(c2O)C[C@@H](C)C[C@H](OC)[C@H](O)[C@@H](C)/C=C(\C)[C@@H]1OC(N)=O. The van der Waals surface area contributed by atoms with Gasteiger partial charge in [0.2, 0.25) is 0 Å².